The summed E-state index contributed by atoms with van der Waals surface area (Å²) in [5.41, 5.74) is 6.05. The van der Waals surface area contributed by atoms with Gasteiger partial charge in [-0.25, -0.2) is 0 Å². The average Bonchev–Trinajstić information content (AvgIpc) is 2.48. The van der Waals surface area contributed by atoms with E-state index in [9.17, 15) is 0 Å². The molecular formula is C15H30N2O2. The number of piperidine rings is 1. The summed E-state index contributed by atoms with van der Waals surface area (Å²) in [4.78, 5) is 2.49. The van der Waals surface area contributed by atoms with Crippen LogP contribution in [0, 0.1) is 5.92 Å². The first-order valence-corrected chi connectivity index (χ1v) is 7.47. The van der Waals surface area contributed by atoms with E-state index in [1.165, 1.54) is 12.8 Å². The highest BCUT2D eigenvalue weighted by atomic mass is 16.5. The van der Waals surface area contributed by atoms with Crippen molar-refractivity contribution < 1.29 is 9.47 Å². The van der Waals surface area contributed by atoms with Crippen molar-refractivity contribution in [2.24, 2.45) is 11.7 Å². The van der Waals surface area contributed by atoms with Crippen LogP contribution in [0.5, 0.6) is 0 Å². The molecule has 4 nitrogen and oxygen atoms in total. The van der Waals surface area contributed by atoms with Crippen molar-refractivity contribution in [3.05, 3.63) is 0 Å². The van der Waals surface area contributed by atoms with E-state index in [1.807, 2.05) is 7.11 Å². The summed E-state index contributed by atoms with van der Waals surface area (Å²) in [5, 5.41) is 0. The van der Waals surface area contributed by atoms with Crippen molar-refractivity contribution in [2.45, 2.75) is 63.9 Å². The molecule has 0 aromatic heterocycles. The second-order valence-electron chi connectivity index (χ2n) is 7.20. The number of hydrogen-bond donors (Lipinski definition) is 1. The summed E-state index contributed by atoms with van der Waals surface area (Å²) < 4.78 is 11.7. The summed E-state index contributed by atoms with van der Waals surface area (Å²) in [5.74, 6) is 0.373. The number of hydrogen-bond acceptors (Lipinski definition) is 4. The van der Waals surface area contributed by atoms with Crippen LogP contribution >= 0.6 is 0 Å². The Kier molecular flexibility index (Phi) is 4.26. The minimum absolute atomic E-state index is 0.0884. The van der Waals surface area contributed by atoms with Gasteiger partial charge in [-0.15, -0.1) is 0 Å². The van der Waals surface area contributed by atoms with E-state index >= 15 is 0 Å². The Morgan fingerprint density at radius 1 is 1.26 bits per heavy atom. The topological polar surface area (TPSA) is 47.7 Å². The number of nitrogens with two attached hydrogens (primary N) is 1. The Morgan fingerprint density at radius 2 is 1.95 bits per heavy atom. The van der Waals surface area contributed by atoms with Gasteiger partial charge in [0.15, 0.2) is 0 Å². The predicted octanol–water partition coefficient (Wildman–Crippen LogP) is 1.63. The largest absolute Gasteiger partial charge is 0.380 e. The molecule has 2 rings (SSSR count). The standard InChI is InChI=1S/C15H30N2O2/c1-14(2)12(13(16)15(3,4)19-14)10-17-8-6-7-11(9-17)18-5/h11-13H,6-10,16H2,1-5H3. The zero-order valence-electron chi connectivity index (χ0n) is 13.1. The highest BCUT2D eigenvalue weighted by Gasteiger charge is 2.52. The van der Waals surface area contributed by atoms with Crippen molar-refractivity contribution in [1.82, 2.24) is 4.90 Å². The molecule has 2 heterocycles. The fraction of sp³-hybridized carbons (Fsp3) is 1.00. The Balaban J connectivity index is 2.01. The fourth-order valence-corrected chi connectivity index (χ4v) is 3.72. The lowest BCUT2D eigenvalue weighted by Crippen LogP contribution is -2.50. The molecule has 19 heavy (non-hydrogen) atoms. The molecule has 2 aliphatic heterocycles. The molecular weight excluding hydrogens is 240 g/mol. The maximum atomic E-state index is 6.43. The molecule has 3 atom stereocenters. The molecule has 3 unspecified atom stereocenters. The number of likely N-dealkylation sites (tertiary alicyclic amines) is 1. The highest BCUT2D eigenvalue weighted by Crippen LogP contribution is 2.41. The fourth-order valence-electron chi connectivity index (χ4n) is 3.72. The van der Waals surface area contributed by atoms with Gasteiger partial charge in [0.05, 0.1) is 17.3 Å². The van der Waals surface area contributed by atoms with Gasteiger partial charge in [0, 0.05) is 32.2 Å². The van der Waals surface area contributed by atoms with Gasteiger partial charge in [0.25, 0.3) is 0 Å². The van der Waals surface area contributed by atoms with Gasteiger partial charge in [-0.05, 0) is 47.1 Å². The van der Waals surface area contributed by atoms with Crippen LogP contribution in [0.1, 0.15) is 40.5 Å². The number of methoxy groups -OCH3 is 1. The van der Waals surface area contributed by atoms with Gasteiger partial charge in [-0.3, -0.25) is 0 Å². The maximum absolute atomic E-state index is 6.43. The third-order valence-corrected chi connectivity index (χ3v) is 4.91. The summed E-state index contributed by atoms with van der Waals surface area (Å²) in [6, 6.07) is 0.0884. The lowest BCUT2D eigenvalue weighted by molar-refractivity contribution is -0.0801. The van der Waals surface area contributed by atoms with Crippen LogP contribution in [0.25, 0.3) is 0 Å². The van der Waals surface area contributed by atoms with Gasteiger partial charge in [0.1, 0.15) is 0 Å². The molecule has 0 bridgehead atoms. The lowest BCUT2D eigenvalue weighted by atomic mass is 9.82. The summed E-state index contributed by atoms with van der Waals surface area (Å²) in [6.07, 6.45) is 2.77. The molecule has 2 N–H and O–H groups in total. The molecule has 0 spiro atoms. The molecule has 0 aromatic rings. The molecule has 2 fully saturated rings. The van der Waals surface area contributed by atoms with Gasteiger partial charge in [0.2, 0.25) is 0 Å². The van der Waals surface area contributed by atoms with Crippen molar-refractivity contribution >= 4 is 0 Å². The maximum Gasteiger partial charge on any atom is 0.0788 e. The summed E-state index contributed by atoms with van der Waals surface area (Å²) in [6.45, 7) is 11.7. The normalized spacial score (nSPS) is 38.5. The first-order chi connectivity index (χ1) is 8.76. The first-order valence-electron chi connectivity index (χ1n) is 7.47. The Bertz CT molecular complexity index is 317. The molecule has 0 aromatic carbocycles. The lowest BCUT2D eigenvalue weighted by Gasteiger charge is -2.37. The molecule has 112 valence electrons. The first kappa shape index (κ1) is 15.2. The van der Waals surface area contributed by atoms with Crippen LogP contribution in [0.2, 0.25) is 0 Å². The second-order valence-corrected chi connectivity index (χ2v) is 7.20. The monoisotopic (exact) mass is 270 g/mol. The second kappa shape index (κ2) is 5.32. The van der Waals surface area contributed by atoms with Crippen LogP contribution < -0.4 is 5.73 Å². The van der Waals surface area contributed by atoms with Gasteiger partial charge >= 0.3 is 0 Å². The van der Waals surface area contributed by atoms with Crippen LogP contribution in [-0.4, -0.2) is 55.0 Å². The molecule has 0 aliphatic carbocycles. The van der Waals surface area contributed by atoms with Crippen molar-refractivity contribution in [1.29, 1.82) is 0 Å². The van der Waals surface area contributed by atoms with Crippen LogP contribution in [0.3, 0.4) is 0 Å². The van der Waals surface area contributed by atoms with E-state index in [4.69, 9.17) is 15.2 Å². The van der Waals surface area contributed by atoms with E-state index < -0.39 is 0 Å². The van der Waals surface area contributed by atoms with Crippen LogP contribution in [0.4, 0.5) is 0 Å². The van der Waals surface area contributed by atoms with Gasteiger partial charge in [-0.2, -0.15) is 0 Å². The van der Waals surface area contributed by atoms with Crippen LogP contribution in [-0.2, 0) is 9.47 Å². The molecule has 0 radical (unpaired) electrons. The Morgan fingerprint density at radius 3 is 2.47 bits per heavy atom. The molecule has 2 aliphatic rings. The Labute approximate surface area is 117 Å². The van der Waals surface area contributed by atoms with Gasteiger partial charge in [-0.1, -0.05) is 0 Å². The number of ether oxygens (including phenoxy) is 2. The zero-order chi connectivity index (χ0) is 14.3. The SMILES string of the molecule is COC1CCCN(CC2C(N)C(C)(C)OC2(C)C)C1. The third kappa shape index (κ3) is 3.13. The van der Waals surface area contributed by atoms with E-state index in [1.54, 1.807) is 0 Å². The zero-order valence-corrected chi connectivity index (χ0v) is 13.1. The van der Waals surface area contributed by atoms with Crippen molar-refractivity contribution in [3.8, 4) is 0 Å². The molecule has 2 saturated heterocycles. The van der Waals surface area contributed by atoms with E-state index in [2.05, 4.69) is 32.6 Å². The Hall–Kier alpha value is -0.160. The van der Waals surface area contributed by atoms with E-state index in [-0.39, 0.29) is 17.2 Å². The summed E-state index contributed by atoms with van der Waals surface area (Å²) >= 11 is 0. The quantitative estimate of drug-likeness (QED) is 0.847. The summed E-state index contributed by atoms with van der Waals surface area (Å²) in [7, 11) is 1.81. The number of rotatable bonds is 3. The smallest absolute Gasteiger partial charge is 0.0788 e. The predicted molar refractivity (Wildman–Crippen MR) is 77.2 cm³/mol. The van der Waals surface area contributed by atoms with Gasteiger partial charge < -0.3 is 20.1 Å². The molecule has 0 saturated carbocycles. The van der Waals surface area contributed by atoms with Crippen molar-refractivity contribution in [2.75, 3.05) is 26.7 Å². The average molecular weight is 270 g/mol. The molecule has 4 heteroatoms. The van der Waals surface area contributed by atoms with E-state index in [0.29, 0.717) is 12.0 Å². The molecule has 0 amide bonds. The van der Waals surface area contributed by atoms with Crippen LogP contribution in [0.15, 0.2) is 0 Å². The van der Waals surface area contributed by atoms with E-state index in [0.717, 1.165) is 19.6 Å². The number of nitrogens with zero attached hydrogens (tertiary/aromatic N) is 1. The van der Waals surface area contributed by atoms with Crippen molar-refractivity contribution in [3.63, 3.8) is 0 Å². The minimum atomic E-state index is -0.232. The minimum Gasteiger partial charge on any atom is -0.380 e. The highest BCUT2D eigenvalue weighted by molar-refractivity contribution is 5.04. The third-order valence-electron chi connectivity index (χ3n) is 4.91.